The number of methoxy groups -OCH3 is 1. The maximum Gasteiger partial charge on any atom is 0.306 e. The van der Waals surface area contributed by atoms with Gasteiger partial charge in [0.1, 0.15) is 0 Å². The normalized spacial score (nSPS) is 10.6. The molecule has 0 aliphatic carbocycles. The van der Waals surface area contributed by atoms with Crippen molar-refractivity contribution in [3.8, 4) is 0 Å². The molecule has 5 nitrogen and oxygen atoms in total. The van der Waals surface area contributed by atoms with Gasteiger partial charge in [0.15, 0.2) is 0 Å². The summed E-state index contributed by atoms with van der Waals surface area (Å²) in [6.45, 7) is 5.61. The average Bonchev–Trinajstić information content (AvgIpc) is 2.23. The molecule has 0 rings (SSSR count). The maximum atomic E-state index is 11.4. The average molecular weight is 230 g/mol. The summed E-state index contributed by atoms with van der Waals surface area (Å²) in [6.07, 6.45) is 0.310. The molecule has 16 heavy (non-hydrogen) atoms. The van der Waals surface area contributed by atoms with Crippen molar-refractivity contribution in [1.82, 2.24) is 10.2 Å². The molecule has 0 aromatic carbocycles. The van der Waals surface area contributed by atoms with Gasteiger partial charge in [-0.1, -0.05) is 13.8 Å². The summed E-state index contributed by atoms with van der Waals surface area (Å²) < 4.78 is 4.52. The molecule has 0 aliphatic heterocycles. The molecule has 1 N–H and O–H groups in total. The highest BCUT2D eigenvalue weighted by Gasteiger charge is 2.08. The summed E-state index contributed by atoms with van der Waals surface area (Å²) in [4.78, 5) is 24.1. The van der Waals surface area contributed by atoms with E-state index < -0.39 is 0 Å². The summed E-state index contributed by atoms with van der Waals surface area (Å²) in [5, 5.41) is 2.82. The number of nitrogens with zero attached hydrogens (tertiary/aromatic N) is 1. The fourth-order valence-electron chi connectivity index (χ4n) is 1.08. The summed E-state index contributed by atoms with van der Waals surface area (Å²) in [5.74, 6) is 0.180. The molecule has 0 saturated heterocycles. The van der Waals surface area contributed by atoms with Crippen LogP contribution in [0.25, 0.3) is 0 Å². The molecule has 0 unspecified atom stereocenters. The Morgan fingerprint density at radius 3 is 2.50 bits per heavy atom. The highest BCUT2D eigenvalue weighted by atomic mass is 16.5. The standard InChI is InChI=1S/C11H22N2O3/c1-9(2)7-12-10(14)8-13(3)6-5-11(15)16-4/h9H,5-8H2,1-4H3,(H,12,14). The van der Waals surface area contributed by atoms with Crippen molar-refractivity contribution in [2.75, 3.05) is 33.8 Å². The molecule has 94 valence electrons. The van der Waals surface area contributed by atoms with E-state index in [0.29, 0.717) is 32.0 Å². The number of carbonyl (C=O) groups is 2. The van der Waals surface area contributed by atoms with Crippen molar-refractivity contribution in [1.29, 1.82) is 0 Å². The van der Waals surface area contributed by atoms with E-state index in [1.807, 2.05) is 13.8 Å². The Hall–Kier alpha value is -1.10. The van der Waals surface area contributed by atoms with Crippen LogP contribution in [-0.2, 0) is 14.3 Å². The number of amides is 1. The van der Waals surface area contributed by atoms with Crippen LogP contribution in [-0.4, -0.2) is 50.6 Å². The second kappa shape index (κ2) is 8.10. The Bertz CT molecular complexity index is 229. The third-order valence-corrected chi connectivity index (χ3v) is 2.05. The van der Waals surface area contributed by atoms with Crippen LogP contribution in [0.2, 0.25) is 0 Å². The zero-order chi connectivity index (χ0) is 12.6. The lowest BCUT2D eigenvalue weighted by Crippen LogP contribution is -2.37. The number of rotatable bonds is 7. The van der Waals surface area contributed by atoms with Gasteiger partial charge in [-0.05, 0) is 13.0 Å². The van der Waals surface area contributed by atoms with Gasteiger partial charge in [0, 0.05) is 13.1 Å². The van der Waals surface area contributed by atoms with E-state index >= 15 is 0 Å². The van der Waals surface area contributed by atoms with Crippen molar-refractivity contribution < 1.29 is 14.3 Å². The molecule has 0 aromatic rings. The SMILES string of the molecule is COC(=O)CCN(C)CC(=O)NCC(C)C. The fraction of sp³-hybridized carbons (Fsp3) is 0.818. The van der Waals surface area contributed by atoms with Gasteiger partial charge in [-0.25, -0.2) is 0 Å². The minimum absolute atomic E-state index is 0.0129. The Balaban J connectivity index is 3.65. The summed E-state index contributed by atoms with van der Waals surface area (Å²) in [7, 11) is 3.16. The van der Waals surface area contributed by atoms with Crippen LogP contribution in [0.15, 0.2) is 0 Å². The Morgan fingerprint density at radius 2 is 2.00 bits per heavy atom. The Morgan fingerprint density at radius 1 is 1.38 bits per heavy atom. The zero-order valence-electron chi connectivity index (χ0n) is 10.6. The lowest BCUT2D eigenvalue weighted by atomic mass is 10.2. The summed E-state index contributed by atoms with van der Waals surface area (Å²) in [6, 6.07) is 0. The molecule has 0 fully saturated rings. The van der Waals surface area contributed by atoms with E-state index in [1.54, 1.807) is 11.9 Å². The minimum Gasteiger partial charge on any atom is -0.469 e. The van der Waals surface area contributed by atoms with Crippen LogP contribution in [0.4, 0.5) is 0 Å². The molecule has 0 heterocycles. The third-order valence-electron chi connectivity index (χ3n) is 2.05. The fourth-order valence-corrected chi connectivity index (χ4v) is 1.08. The molecular weight excluding hydrogens is 208 g/mol. The predicted molar refractivity (Wildman–Crippen MR) is 62.0 cm³/mol. The molecule has 0 spiro atoms. The highest BCUT2D eigenvalue weighted by Crippen LogP contribution is 1.91. The molecule has 5 heteroatoms. The van der Waals surface area contributed by atoms with E-state index in [2.05, 4.69) is 10.1 Å². The Kier molecular flexibility index (Phi) is 7.54. The van der Waals surface area contributed by atoms with Crippen molar-refractivity contribution in [3.63, 3.8) is 0 Å². The van der Waals surface area contributed by atoms with Crippen LogP contribution in [0.1, 0.15) is 20.3 Å². The first kappa shape index (κ1) is 14.9. The third kappa shape index (κ3) is 8.23. The van der Waals surface area contributed by atoms with Crippen LogP contribution < -0.4 is 5.32 Å². The van der Waals surface area contributed by atoms with E-state index in [1.165, 1.54) is 7.11 Å². The van der Waals surface area contributed by atoms with E-state index in [-0.39, 0.29) is 11.9 Å². The van der Waals surface area contributed by atoms with Crippen molar-refractivity contribution >= 4 is 11.9 Å². The van der Waals surface area contributed by atoms with E-state index in [4.69, 9.17) is 0 Å². The molecule has 0 aliphatic rings. The molecule has 0 atom stereocenters. The monoisotopic (exact) mass is 230 g/mol. The topological polar surface area (TPSA) is 58.6 Å². The lowest BCUT2D eigenvalue weighted by Gasteiger charge is -2.16. The first-order valence-electron chi connectivity index (χ1n) is 5.47. The second-order valence-electron chi connectivity index (χ2n) is 4.26. The maximum absolute atomic E-state index is 11.4. The van der Waals surface area contributed by atoms with Gasteiger partial charge in [-0.3, -0.25) is 14.5 Å². The number of esters is 1. The largest absolute Gasteiger partial charge is 0.469 e. The van der Waals surface area contributed by atoms with Gasteiger partial charge in [-0.15, -0.1) is 0 Å². The number of hydrogen-bond donors (Lipinski definition) is 1. The number of likely N-dealkylation sites (N-methyl/N-ethyl adjacent to an activating group) is 1. The van der Waals surface area contributed by atoms with Crippen molar-refractivity contribution in [2.45, 2.75) is 20.3 Å². The molecular formula is C11H22N2O3. The molecule has 0 radical (unpaired) electrons. The van der Waals surface area contributed by atoms with Gasteiger partial charge in [0.05, 0.1) is 20.1 Å². The minimum atomic E-state index is -0.255. The van der Waals surface area contributed by atoms with Crippen LogP contribution in [0.3, 0.4) is 0 Å². The quantitative estimate of drug-likeness (QED) is 0.637. The van der Waals surface area contributed by atoms with Gasteiger partial charge in [-0.2, -0.15) is 0 Å². The van der Waals surface area contributed by atoms with E-state index in [9.17, 15) is 9.59 Å². The van der Waals surface area contributed by atoms with Gasteiger partial charge in [0.25, 0.3) is 0 Å². The van der Waals surface area contributed by atoms with Gasteiger partial charge in [0.2, 0.25) is 5.91 Å². The smallest absolute Gasteiger partial charge is 0.306 e. The first-order chi connectivity index (χ1) is 7.45. The first-order valence-corrected chi connectivity index (χ1v) is 5.47. The van der Waals surface area contributed by atoms with Crippen LogP contribution in [0.5, 0.6) is 0 Å². The molecule has 1 amide bonds. The van der Waals surface area contributed by atoms with Crippen molar-refractivity contribution in [3.05, 3.63) is 0 Å². The van der Waals surface area contributed by atoms with E-state index in [0.717, 1.165) is 0 Å². The lowest BCUT2D eigenvalue weighted by molar-refractivity contribution is -0.141. The zero-order valence-corrected chi connectivity index (χ0v) is 10.6. The Labute approximate surface area is 97.1 Å². The number of ether oxygens (including phenoxy) is 1. The number of hydrogen-bond acceptors (Lipinski definition) is 4. The molecule has 0 aromatic heterocycles. The summed E-state index contributed by atoms with van der Waals surface area (Å²) >= 11 is 0. The van der Waals surface area contributed by atoms with Gasteiger partial charge >= 0.3 is 5.97 Å². The number of nitrogens with one attached hydrogen (secondary N) is 1. The molecule has 0 bridgehead atoms. The second-order valence-corrected chi connectivity index (χ2v) is 4.26. The summed E-state index contributed by atoms with van der Waals surface area (Å²) in [5.41, 5.74) is 0. The van der Waals surface area contributed by atoms with Crippen LogP contribution >= 0.6 is 0 Å². The van der Waals surface area contributed by atoms with Crippen molar-refractivity contribution in [2.24, 2.45) is 5.92 Å². The predicted octanol–water partition coefficient (Wildman–Crippen LogP) is 0.254. The number of carbonyl (C=O) groups excluding carboxylic acids is 2. The van der Waals surface area contributed by atoms with Gasteiger partial charge < -0.3 is 10.1 Å². The molecule has 0 saturated carbocycles. The van der Waals surface area contributed by atoms with Crippen LogP contribution in [0, 0.1) is 5.92 Å². The highest BCUT2D eigenvalue weighted by molar-refractivity contribution is 5.78.